The summed E-state index contributed by atoms with van der Waals surface area (Å²) >= 11 is 1.40. The minimum Gasteiger partial charge on any atom is -0.313 e. The predicted octanol–water partition coefficient (Wildman–Crippen LogP) is 0.810. The average Bonchev–Trinajstić information content (AvgIpc) is 2.75. The molecule has 0 radical (unpaired) electrons. The van der Waals surface area contributed by atoms with Crippen molar-refractivity contribution in [3.63, 3.8) is 0 Å². The molecule has 1 aliphatic heterocycles. The lowest BCUT2D eigenvalue weighted by Gasteiger charge is -2.09. The third-order valence-electron chi connectivity index (χ3n) is 2.46. The van der Waals surface area contributed by atoms with Crippen LogP contribution in [0.3, 0.4) is 0 Å². The Bertz CT molecular complexity index is 394. The molecule has 84 valence electrons. The van der Waals surface area contributed by atoms with Gasteiger partial charge >= 0.3 is 0 Å². The van der Waals surface area contributed by atoms with E-state index in [1.165, 1.54) is 11.3 Å². The van der Waals surface area contributed by atoms with E-state index in [0.717, 1.165) is 24.3 Å². The van der Waals surface area contributed by atoms with Crippen molar-refractivity contribution in [2.75, 3.05) is 12.3 Å². The molecule has 1 saturated heterocycles. The van der Waals surface area contributed by atoms with E-state index in [-0.39, 0.29) is 17.5 Å². The molecule has 1 aromatic rings. The summed E-state index contributed by atoms with van der Waals surface area (Å²) in [5, 5.41) is 3.20. The highest BCUT2D eigenvalue weighted by atomic mass is 32.2. The summed E-state index contributed by atoms with van der Waals surface area (Å²) in [4.78, 5) is 4.70. The van der Waals surface area contributed by atoms with Crippen molar-refractivity contribution in [2.24, 2.45) is 0 Å². The molecular formula is C9H14N2O2S2. The van der Waals surface area contributed by atoms with Gasteiger partial charge in [-0.15, -0.1) is 11.3 Å². The minimum atomic E-state index is -2.98. The van der Waals surface area contributed by atoms with Crippen molar-refractivity contribution in [3.05, 3.63) is 16.6 Å². The number of rotatable bonds is 4. The molecule has 0 bridgehead atoms. The van der Waals surface area contributed by atoms with Crippen LogP contribution >= 0.6 is 11.3 Å². The third kappa shape index (κ3) is 3.25. The van der Waals surface area contributed by atoms with Crippen molar-refractivity contribution < 1.29 is 8.42 Å². The number of aromatic nitrogens is 1. The molecule has 0 saturated carbocycles. The first kappa shape index (κ1) is 11.0. The summed E-state index contributed by atoms with van der Waals surface area (Å²) in [5.74, 6) is 0.390. The lowest BCUT2D eigenvalue weighted by Crippen LogP contribution is -2.30. The molecule has 1 atom stereocenters. The molecule has 1 N–H and O–H groups in total. The van der Waals surface area contributed by atoms with Gasteiger partial charge in [-0.1, -0.05) is 0 Å². The molecule has 0 aliphatic carbocycles. The Kier molecular flexibility index (Phi) is 3.38. The number of sulfone groups is 1. The van der Waals surface area contributed by atoms with Gasteiger partial charge in [-0.05, 0) is 19.4 Å². The van der Waals surface area contributed by atoms with Crippen LogP contribution in [0.4, 0.5) is 0 Å². The highest BCUT2D eigenvalue weighted by Crippen LogP contribution is 2.14. The van der Waals surface area contributed by atoms with Gasteiger partial charge in [-0.2, -0.15) is 0 Å². The number of nitrogens with one attached hydrogen (secondary N) is 1. The molecular weight excluding hydrogens is 232 g/mol. The number of hydrogen-bond acceptors (Lipinski definition) is 5. The van der Waals surface area contributed by atoms with Gasteiger partial charge < -0.3 is 5.32 Å². The molecule has 2 heterocycles. The van der Waals surface area contributed by atoms with Crippen LogP contribution in [0.2, 0.25) is 0 Å². The van der Waals surface area contributed by atoms with E-state index in [4.69, 9.17) is 0 Å². The first-order chi connectivity index (χ1) is 7.16. The molecule has 1 aliphatic rings. The molecule has 2 rings (SSSR count). The average molecular weight is 246 g/mol. The largest absolute Gasteiger partial charge is 0.313 e. The van der Waals surface area contributed by atoms with Gasteiger partial charge in [-0.25, -0.2) is 8.42 Å². The fourth-order valence-electron chi connectivity index (χ4n) is 1.79. The summed E-state index contributed by atoms with van der Waals surface area (Å²) in [6.07, 6.45) is 3.69. The fraction of sp³-hybridized carbons (Fsp3) is 0.667. The van der Waals surface area contributed by atoms with E-state index in [2.05, 4.69) is 10.3 Å². The number of nitrogens with zero attached hydrogens (tertiary/aromatic N) is 1. The van der Waals surface area contributed by atoms with Crippen LogP contribution in [0.1, 0.15) is 17.7 Å². The SMILES string of the molecule is O=S(=O)(Cc1cncs1)C[C@H]1CCCN1. The van der Waals surface area contributed by atoms with Crippen LogP contribution in [0, 0.1) is 0 Å². The lowest BCUT2D eigenvalue weighted by atomic mass is 10.3. The zero-order valence-electron chi connectivity index (χ0n) is 8.35. The lowest BCUT2D eigenvalue weighted by molar-refractivity contribution is 0.576. The zero-order chi connectivity index (χ0) is 10.7. The van der Waals surface area contributed by atoms with Crippen LogP contribution in [0.15, 0.2) is 11.7 Å². The standard InChI is InChI=1S/C9H14N2O2S2/c12-15(13,5-8-2-1-3-11-8)6-9-4-10-7-14-9/h4,7-8,11H,1-3,5-6H2/t8-/m1/s1. The van der Waals surface area contributed by atoms with Gasteiger partial charge in [0.1, 0.15) is 0 Å². The molecule has 0 spiro atoms. The Morgan fingerprint density at radius 2 is 2.47 bits per heavy atom. The highest BCUT2D eigenvalue weighted by molar-refractivity contribution is 7.90. The topological polar surface area (TPSA) is 59.1 Å². The van der Waals surface area contributed by atoms with Gasteiger partial charge in [0.2, 0.25) is 0 Å². The van der Waals surface area contributed by atoms with Crippen LogP contribution in [-0.2, 0) is 15.6 Å². The first-order valence-corrected chi connectivity index (χ1v) is 7.67. The first-order valence-electron chi connectivity index (χ1n) is 4.97. The second-order valence-electron chi connectivity index (χ2n) is 3.82. The highest BCUT2D eigenvalue weighted by Gasteiger charge is 2.22. The summed E-state index contributed by atoms with van der Waals surface area (Å²) in [5.41, 5.74) is 1.67. The monoisotopic (exact) mass is 246 g/mol. The Hall–Kier alpha value is -0.460. The van der Waals surface area contributed by atoms with Gasteiger partial charge in [0.25, 0.3) is 0 Å². The molecule has 0 unspecified atom stereocenters. The summed E-state index contributed by atoms with van der Waals surface area (Å²) < 4.78 is 23.6. The second-order valence-corrected chi connectivity index (χ2v) is 6.90. The number of thiazole rings is 1. The zero-order valence-corrected chi connectivity index (χ0v) is 9.98. The predicted molar refractivity (Wildman–Crippen MR) is 60.6 cm³/mol. The Morgan fingerprint density at radius 1 is 1.60 bits per heavy atom. The maximum Gasteiger partial charge on any atom is 0.156 e. The molecule has 0 aromatic carbocycles. The quantitative estimate of drug-likeness (QED) is 0.854. The van der Waals surface area contributed by atoms with Crippen molar-refractivity contribution in [1.82, 2.24) is 10.3 Å². The summed E-state index contributed by atoms with van der Waals surface area (Å²) in [6.45, 7) is 0.945. The summed E-state index contributed by atoms with van der Waals surface area (Å²) in [6, 6.07) is 0.155. The van der Waals surface area contributed by atoms with Gasteiger partial charge in [-0.3, -0.25) is 4.98 Å². The number of hydrogen-bond donors (Lipinski definition) is 1. The van der Waals surface area contributed by atoms with E-state index >= 15 is 0 Å². The van der Waals surface area contributed by atoms with E-state index in [9.17, 15) is 8.42 Å². The second kappa shape index (κ2) is 4.59. The van der Waals surface area contributed by atoms with Gasteiger partial charge in [0.15, 0.2) is 9.84 Å². The molecule has 0 amide bonds. The molecule has 4 nitrogen and oxygen atoms in total. The Morgan fingerprint density at radius 3 is 3.07 bits per heavy atom. The van der Waals surface area contributed by atoms with E-state index in [0.29, 0.717) is 0 Å². The van der Waals surface area contributed by atoms with Crippen molar-refractivity contribution in [1.29, 1.82) is 0 Å². The van der Waals surface area contributed by atoms with E-state index < -0.39 is 9.84 Å². The fourth-order valence-corrected chi connectivity index (χ4v) is 4.51. The van der Waals surface area contributed by atoms with Gasteiger partial charge in [0, 0.05) is 17.1 Å². The Balaban J connectivity index is 1.94. The maximum absolute atomic E-state index is 11.8. The van der Waals surface area contributed by atoms with Gasteiger partial charge in [0.05, 0.1) is 17.0 Å². The molecule has 1 aromatic heterocycles. The van der Waals surface area contributed by atoms with Crippen LogP contribution in [-0.4, -0.2) is 31.7 Å². The van der Waals surface area contributed by atoms with Crippen molar-refractivity contribution in [2.45, 2.75) is 24.6 Å². The smallest absolute Gasteiger partial charge is 0.156 e. The van der Waals surface area contributed by atoms with E-state index in [1.54, 1.807) is 11.7 Å². The van der Waals surface area contributed by atoms with Crippen LogP contribution < -0.4 is 5.32 Å². The Labute approximate surface area is 93.7 Å². The third-order valence-corrected chi connectivity index (χ3v) is 5.09. The van der Waals surface area contributed by atoms with Crippen LogP contribution in [0.25, 0.3) is 0 Å². The normalized spacial score (nSPS) is 22.0. The maximum atomic E-state index is 11.8. The van der Waals surface area contributed by atoms with Crippen molar-refractivity contribution in [3.8, 4) is 0 Å². The van der Waals surface area contributed by atoms with E-state index in [1.807, 2.05) is 0 Å². The minimum absolute atomic E-state index is 0.135. The van der Waals surface area contributed by atoms with Crippen LogP contribution in [0.5, 0.6) is 0 Å². The molecule has 15 heavy (non-hydrogen) atoms. The summed E-state index contributed by atoms with van der Waals surface area (Å²) in [7, 11) is -2.98. The van der Waals surface area contributed by atoms with Crippen molar-refractivity contribution >= 4 is 21.2 Å². The molecule has 1 fully saturated rings. The molecule has 6 heteroatoms.